The molecule has 0 aromatic heterocycles. The van der Waals surface area contributed by atoms with Gasteiger partial charge in [-0.1, -0.05) is 6.08 Å². The third-order valence-electron chi connectivity index (χ3n) is 1.81. The van der Waals surface area contributed by atoms with E-state index >= 15 is 0 Å². The van der Waals surface area contributed by atoms with Crippen molar-refractivity contribution < 1.29 is 13.6 Å². The van der Waals surface area contributed by atoms with Crippen molar-refractivity contribution in [2.75, 3.05) is 20.6 Å². The van der Waals surface area contributed by atoms with E-state index in [9.17, 15) is 4.79 Å². The van der Waals surface area contributed by atoms with Gasteiger partial charge in [-0.05, 0) is 39.2 Å². The molecule has 0 fully saturated rings. The largest absolute Gasteiger partial charge is 0.379 e. The monoisotopic (exact) mass is 216 g/mol. The van der Waals surface area contributed by atoms with Gasteiger partial charge in [0.25, 0.3) is 0 Å². The lowest BCUT2D eigenvalue weighted by atomic mass is 10.2. The minimum atomic E-state index is -2.37. The van der Waals surface area contributed by atoms with Crippen molar-refractivity contribution in [2.45, 2.75) is 39.2 Å². The maximum atomic E-state index is 11.4. The predicted molar refractivity (Wildman–Crippen MR) is 62.8 cm³/mol. The summed E-state index contributed by atoms with van der Waals surface area (Å²) in [6.45, 7) is 2.33. The van der Waals surface area contributed by atoms with Crippen molar-refractivity contribution >= 4 is 5.91 Å². The molecular weight excluding hydrogens is 190 g/mol. The van der Waals surface area contributed by atoms with Gasteiger partial charge in [-0.3, -0.25) is 4.79 Å². The molecule has 0 aliphatic rings. The SMILES string of the molecule is [2H]C([2H])([2H])N(C)C(=O)/C=C/CCCCOC(C)C. The molecule has 0 radical (unpaired) electrons. The normalized spacial score (nSPS) is 15.1. The third kappa shape index (κ3) is 9.47. The van der Waals surface area contributed by atoms with E-state index in [0.29, 0.717) is 6.61 Å². The van der Waals surface area contributed by atoms with Crippen LogP contribution in [0.4, 0.5) is 0 Å². The van der Waals surface area contributed by atoms with Gasteiger partial charge in [0.05, 0.1) is 6.10 Å². The topological polar surface area (TPSA) is 29.5 Å². The number of carbonyl (C=O) groups excluding carboxylic acids is 1. The zero-order valence-corrected chi connectivity index (χ0v) is 9.82. The molecule has 0 aliphatic heterocycles. The van der Waals surface area contributed by atoms with E-state index in [0.717, 1.165) is 24.2 Å². The molecule has 0 aromatic rings. The van der Waals surface area contributed by atoms with Gasteiger partial charge in [0, 0.05) is 24.7 Å². The molecule has 0 atom stereocenters. The van der Waals surface area contributed by atoms with Gasteiger partial charge < -0.3 is 9.64 Å². The highest BCUT2D eigenvalue weighted by molar-refractivity contribution is 5.86. The molecule has 3 heteroatoms. The third-order valence-corrected chi connectivity index (χ3v) is 1.81. The first-order valence-electron chi connectivity index (χ1n) is 6.81. The number of unbranched alkanes of at least 4 members (excludes halogenated alkanes) is 2. The fraction of sp³-hybridized carbons (Fsp3) is 0.750. The Bertz CT molecular complexity index is 275. The van der Waals surface area contributed by atoms with Crippen LogP contribution in [-0.4, -0.2) is 37.5 Å². The number of carbonyl (C=O) groups is 1. The Morgan fingerprint density at radius 1 is 1.53 bits per heavy atom. The van der Waals surface area contributed by atoms with E-state index in [-0.39, 0.29) is 6.10 Å². The van der Waals surface area contributed by atoms with Crippen LogP contribution in [0.3, 0.4) is 0 Å². The summed E-state index contributed by atoms with van der Waals surface area (Å²) in [5.41, 5.74) is 0. The van der Waals surface area contributed by atoms with Gasteiger partial charge in [-0.2, -0.15) is 0 Å². The second kappa shape index (κ2) is 8.48. The summed E-state index contributed by atoms with van der Waals surface area (Å²) < 4.78 is 26.6. The van der Waals surface area contributed by atoms with Gasteiger partial charge >= 0.3 is 0 Å². The Morgan fingerprint density at radius 3 is 2.87 bits per heavy atom. The maximum Gasteiger partial charge on any atom is 0.245 e. The van der Waals surface area contributed by atoms with Gasteiger partial charge in [0.15, 0.2) is 0 Å². The lowest BCUT2D eigenvalue weighted by Gasteiger charge is -2.06. The lowest BCUT2D eigenvalue weighted by molar-refractivity contribution is -0.123. The van der Waals surface area contributed by atoms with Gasteiger partial charge in [-0.15, -0.1) is 0 Å². The zero-order chi connectivity index (χ0) is 14.2. The highest BCUT2D eigenvalue weighted by Gasteiger charge is 1.96. The molecule has 1 amide bonds. The molecule has 15 heavy (non-hydrogen) atoms. The van der Waals surface area contributed by atoms with E-state index in [2.05, 4.69) is 0 Å². The van der Waals surface area contributed by atoms with E-state index in [1.54, 1.807) is 6.08 Å². The fourth-order valence-corrected chi connectivity index (χ4v) is 0.979. The summed E-state index contributed by atoms with van der Waals surface area (Å²) in [7, 11) is 1.27. The summed E-state index contributed by atoms with van der Waals surface area (Å²) in [6.07, 6.45) is 5.88. The minimum absolute atomic E-state index is 0.245. The molecule has 0 saturated heterocycles. The van der Waals surface area contributed by atoms with Crippen molar-refractivity contribution in [3.63, 3.8) is 0 Å². The Labute approximate surface area is 97.3 Å². The Morgan fingerprint density at radius 2 is 2.27 bits per heavy atom. The number of nitrogens with zero attached hydrogens (tertiary/aromatic N) is 1. The van der Waals surface area contributed by atoms with Gasteiger partial charge in [0.1, 0.15) is 0 Å². The number of hydrogen-bond acceptors (Lipinski definition) is 2. The smallest absolute Gasteiger partial charge is 0.245 e. The van der Waals surface area contributed by atoms with Crippen LogP contribution in [0.15, 0.2) is 12.2 Å². The summed E-state index contributed by atoms with van der Waals surface area (Å²) >= 11 is 0. The fourth-order valence-electron chi connectivity index (χ4n) is 0.979. The van der Waals surface area contributed by atoms with Crippen LogP contribution in [-0.2, 0) is 9.53 Å². The molecule has 0 heterocycles. The summed E-state index contributed by atoms with van der Waals surface area (Å²) in [4.78, 5) is 12.2. The first kappa shape index (κ1) is 9.40. The second-order valence-corrected chi connectivity index (χ2v) is 3.71. The molecule has 0 spiro atoms. The highest BCUT2D eigenvalue weighted by atomic mass is 16.5. The zero-order valence-electron chi connectivity index (χ0n) is 12.8. The maximum absolute atomic E-state index is 11.4. The van der Waals surface area contributed by atoms with Crippen molar-refractivity contribution in [1.29, 1.82) is 0 Å². The molecule has 88 valence electrons. The van der Waals surface area contributed by atoms with E-state index < -0.39 is 12.9 Å². The minimum Gasteiger partial charge on any atom is -0.379 e. The molecule has 0 bridgehead atoms. The number of ether oxygens (including phenoxy) is 1. The van der Waals surface area contributed by atoms with Crippen LogP contribution in [0, 0.1) is 0 Å². The van der Waals surface area contributed by atoms with Gasteiger partial charge in [-0.25, -0.2) is 0 Å². The van der Waals surface area contributed by atoms with Crippen LogP contribution in [0.2, 0.25) is 0 Å². The van der Waals surface area contributed by atoms with Crippen LogP contribution in [0.25, 0.3) is 0 Å². The standard InChI is InChI=1S/C12H23NO2/c1-11(2)15-10-8-6-5-7-9-12(14)13(3)4/h7,9,11H,5-6,8,10H2,1-4H3/b9-7+/i3D3. The molecule has 0 N–H and O–H groups in total. The van der Waals surface area contributed by atoms with E-state index in [4.69, 9.17) is 8.85 Å². The van der Waals surface area contributed by atoms with Crippen LogP contribution in [0.1, 0.15) is 37.2 Å². The van der Waals surface area contributed by atoms with Crippen LogP contribution in [0.5, 0.6) is 0 Å². The molecule has 0 aliphatic carbocycles. The van der Waals surface area contributed by atoms with Crippen molar-refractivity contribution in [1.82, 2.24) is 4.90 Å². The van der Waals surface area contributed by atoms with E-state index in [1.807, 2.05) is 13.8 Å². The summed E-state index contributed by atoms with van der Waals surface area (Å²) in [5.74, 6) is -0.492. The molecule has 0 unspecified atom stereocenters. The molecule has 3 nitrogen and oxygen atoms in total. The molecule has 0 aromatic carbocycles. The average Bonchev–Trinajstić information content (AvgIpc) is 2.24. The first-order valence-corrected chi connectivity index (χ1v) is 5.31. The summed E-state index contributed by atoms with van der Waals surface area (Å²) in [6, 6.07) is 0. The molecule has 0 rings (SSSR count). The highest BCUT2D eigenvalue weighted by Crippen LogP contribution is 1.99. The van der Waals surface area contributed by atoms with Gasteiger partial charge in [0.2, 0.25) is 5.91 Å². The van der Waals surface area contributed by atoms with E-state index in [1.165, 1.54) is 13.1 Å². The second-order valence-electron chi connectivity index (χ2n) is 3.71. The first-order chi connectivity index (χ1) is 8.25. The number of likely N-dealkylation sites (N-methyl/N-ethyl adjacent to an activating group) is 1. The van der Waals surface area contributed by atoms with Crippen molar-refractivity contribution in [3.05, 3.63) is 12.2 Å². The van der Waals surface area contributed by atoms with Crippen LogP contribution >= 0.6 is 0 Å². The van der Waals surface area contributed by atoms with Crippen molar-refractivity contribution in [2.24, 2.45) is 0 Å². The average molecular weight is 216 g/mol. The quantitative estimate of drug-likeness (QED) is 0.482. The Hall–Kier alpha value is -0.830. The lowest BCUT2D eigenvalue weighted by Crippen LogP contribution is -2.18. The Balaban J connectivity index is 3.74. The number of amides is 1. The Kier molecular flexibility index (Phi) is 5.31. The van der Waals surface area contributed by atoms with Crippen molar-refractivity contribution in [3.8, 4) is 0 Å². The number of hydrogen-bond donors (Lipinski definition) is 0. The number of allylic oxidation sites excluding steroid dienone is 1. The molecule has 0 saturated carbocycles. The molecular formula is C12H23NO2. The summed E-state index contributed by atoms with van der Waals surface area (Å²) in [5, 5.41) is 0. The predicted octanol–water partition coefficient (Wildman–Crippen LogP) is 2.23. The number of rotatable bonds is 7. The van der Waals surface area contributed by atoms with Crippen LogP contribution < -0.4 is 0 Å².